The minimum absolute atomic E-state index is 0.0741. The van der Waals surface area contributed by atoms with Gasteiger partial charge in [0.2, 0.25) is 11.8 Å². The second kappa shape index (κ2) is 10.0. The topological polar surface area (TPSA) is 104 Å². The lowest BCUT2D eigenvalue weighted by Crippen LogP contribution is -2.17. The molecule has 1 heterocycles. The molecule has 8 heteroatoms. The van der Waals surface area contributed by atoms with Crippen LogP contribution in [0.2, 0.25) is 0 Å². The maximum Gasteiger partial charge on any atom is 0.226 e. The van der Waals surface area contributed by atoms with Crippen LogP contribution < -0.4 is 15.4 Å². The lowest BCUT2D eigenvalue weighted by Gasteiger charge is -2.09. The summed E-state index contributed by atoms with van der Waals surface area (Å²) in [5.74, 6) is 0.147. The van der Waals surface area contributed by atoms with Crippen molar-refractivity contribution in [2.75, 3.05) is 10.6 Å². The van der Waals surface area contributed by atoms with E-state index in [4.69, 9.17) is 10.00 Å². The molecule has 0 atom stereocenters. The molecule has 3 aromatic rings. The third-order valence-corrected chi connectivity index (χ3v) is 4.55. The minimum Gasteiger partial charge on any atom is -0.489 e. The van der Waals surface area contributed by atoms with Gasteiger partial charge in [0.15, 0.2) is 5.13 Å². The van der Waals surface area contributed by atoms with E-state index in [0.717, 1.165) is 5.56 Å². The summed E-state index contributed by atoms with van der Waals surface area (Å²) in [6.45, 7) is 0.343. The van der Waals surface area contributed by atoms with Crippen LogP contribution in [-0.4, -0.2) is 16.8 Å². The molecular formula is C21H18N4O3S. The zero-order valence-corrected chi connectivity index (χ0v) is 16.2. The first-order chi connectivity index (χ1) is 14.1. The number of thiazole rings is 1. The summed E-state index contributed by atoms with van der Waals surface area (Å²) in [7, 11) is 0. The van der Waals surface area contributed by atoms with Gasteiger partial charge in [-0.05, 0) is 42.0 Å². The Morgan fingerprint density at radius 1 is 1.07 bits per heavy atom. The van der Waals surface area contributed by atoms with E-state index in [1.54, 1.807) is 48.0 Å². The summed E-state index contributed by atoms with van der Waals surface area (Å²) >= 11 is 1.32. The zero-order valence-electron chi connectivity index (χ0n) is 15.4. The highest BCUT2D eigenvalue weighted by Crippen LogP contribution is 2.18. The lowest BCUT2D eigenvalue weighted by atomic mass is 10.1. The van der Waals surface area contributed by atoms with E-state index in [2.05, 4.69) is 21.7 Å². The minimum atomic E-state index is -0.251. The number of aromatic nitrogens is 1. The van der Waals surface area contributed by atoms with Gasteiger partial charge in [-0.2, -0.15) is 5.26 Å². The third-order valence-electron chi connectivity index (χ3n) is 3.86. The van der Waals surface area contributed by atoms with Crippen molar-refractivity contribution in [1.82, 2.24) is 4.98 Å². The Balaban J connectivity index is 1.43. The summed E-state index contributed by atoms with van der Waals surface area (Å²) in [6, 6.07) is 16.3. The molecular weight excluding hydrogens is 388 g/mol. The predicted octanol–water partition coefficient (Wildman–Crippen LogP) is 3.95. The average molecular weight is 406 g/mol. The smallest absolute Gasteiger partial charge is 0.226 e. The van der Waals surface area contributed by atoms with Gasteiger partial charge in [0, 0.05) is 30.1 Å². The van der Waals surface area contributed by atoms with Crippen molar-refractivity contribution < 1.29 is 14.3 Å². The molecule has 7 nitrogen and oxygen atoms in total. The normalized spacial score (nSPS) is 10.0. The summed E-state index contributed by atoms with van der Waals surface area (Å²) < 4.78 is 5.70. The van der Waals surface area contributed by atoms with Gasteiger partial charge < -0.3 is 15.4 Å². The number of carbonyl (C=O) groups is 2. The van der Waals surface area contributed by atoms with Crippen molar-refractivity contribution in [2.45, 2.75) is 19.4 Å². The maximum absolute atomic E-state index is 12.0. The molecule has 2 amide bonds. The van der Waals surface area contributed by atoms with Gasteiger partial charge in [-0.15, -0.1) is 11.3 Å². The zero-order chi connectivity index (χ0) is 20.5. The van der Waals surface area contributed by atoms with Gasteiger partial charge in [-0.3, -0.25) is 9.59 Å². The Labute approximate surface area is 172 Å². The fourth-order valence-electron chi connectivity index (χ4n) is 2.45. The number of nitriles is 1. The molecule has 0 aliphatic carbocycles. The van der Waals surface area contributed by atoms with Crippen molar-refractivity contribution in [2.24, 2.45) is 0 Å². The number of anilines is 2. The molecule has 0 spiro atoms. The number of rotatable bonds is 8. The van der Waals surface area contributed by atoms with E-state index < -0.39 is 0 Å². The van der Waals surface area contributed by atoms with Gasteiger partial charge >= 0.3 is 0 Å². The van der Waals surface area contributed by atoms with Crippen LogP contribution in [-0.2, 0) is 16.2 Å². The first kappa shape index (κ1) is 20.0. The number of carbonyl (C=O) groups excluding carboxylic acids is 2. The van der Waals surface area contributed by atoms with Crippen LogP contribution in [0.5, 0.6) is 5.75 Å². The van der Waals surface area contributed by atoms with Gasteiger partial charge in [-0.25, -0.2) is 4.98 Å². The standard InChI is InChI=1S/C21H18N4O3S/c22-13-15-2-1-3-16(12-15)14-28-18-6-4-17(5-7-18)24-19(26)8-9-20(27)25-21-23-10-11-29-21/h1-7,10-12H,8-9,14H2,(H,24,26)(H,23,25,27). The lowest BCUT2D eigenvalue weighted by molar-refractivity contribution is -0.121. The molecule has 146 valence electrons. The van der Waals surface area contributed by atoms with Crippen LogP contribution in [0.1, 0.15) is 24.0 Å². The first-order valence-corrected chi connectivity index (χ1v) is 9.71. The summed E-state index contributed by atoms with van der Waals surface area (Å²) in [6.07, 6.45) is 1.75. The maximum atomic E-state index is 12.0. The average Bonchev–Trinajstić information content (AvgIpc) is 3.25. The van der Waals surface area contributed by atoms with E-state index >= 15 is 0 Å². The highest BCUT2D eigenvalue weighted by Gasteiger charge is 2.09. The number of nitrogens with zero attached hydrogens (tertiary/aromatic N) is 2. The molecule has 0 saturated heterocycles. The van der Waals surface area contributed by atoms with Crippen LogP contribution in [0.15, 0.2) is 60.1 Å². The highest BCUT2D eigenvalue weighted by molar-refractivity contribution is 7.13. The SMILES string of the molecule is N#Cc1cccc(COc2ccc(NC(=O)CCC(=O)Nc3nccs3)cc2)c1. The van der Waals surface area contributed by atoms with E-state index in [0.29, 0.717) is 28.7 Å². The van der Waals surface area contributed by atoms with E-state index in [1.165, 1.54) is 11.3 Å². The monoisotopic (exact) mass is 406 g/mol. The molecule has 0 saturated carbocycles. The molecule has 0 unspecified atom stereocenters. The second-order valence-electron chi connectivity index (χ2n) is 6.06. The fraction of sp³-hybridized carbons (Fsp3) is 0.143. The summed E-state index contributed by atoms with van der Waals surface area (Å²) in [5, 5.41) is 16.6. The molecule has 0 aliphatic heterocycles. The van der Waals surface area contributed by atoms with E-state index in [9.17, 15) is 9.59 Å². The fourth-order valence-corrected chi connectivity index (χ4v) is 2.99. The van der Waals surface area contributed by atoms with Gasteiger partial charge in [0.1, 0.15) is 12.4 Å². The number of nitrogens with one attached hydrogen (secondary N) is 2. The van der Waals surface area contributed by atoms with Crippen LogP contribution in [0.4, 0.5) is 10.8 Å². The van der Waals surface area contributed by atoms with Gasteiger partial charge in [-0.1, -0.05) is 12.1 Å². The van der Waals surface area contributed by atoms with Crippen LogP contribution >= 0.6 is 11.3 Å². The Morgan fingerprint density at radius 2 is 1.83 bits per heavy atom. The first-order valence-electron chi connectivity index (χ1n) is 8.83. The van der Waals surface area contributed by atoms with Crippen LogP contribution in [0.25, 0.3) is 0 Å². The largest absolute Gasteiger partial charge is 0.489 e. The Hall–Kier alpha value is -3.70. The van der Waals surface area contributed by atoms with E-state index in [1.807, 2.05) is 12.1 Å². The molecule has 0 radical (unpaired) electrons. The van der Waals surface area contributed by atoms with Crippen molar-refractivity contribution in [3.05, 3.63) is 71.2 Å². The summed E-state index contributed by atoms with van der Waals surface area (Å²) in [4.78, 5) is 27.8. The number of hydrogen-bond acceptors (Lipinski definition) is 6. The number of ether oxygens (including phenoxy) is 1. The number of hydrogen-bond donors (Lipinski definition) is 2. The van der Waals surface area contributed by atoms with Gasteiger partial charge in [0.05, 0.1) is 11.6 Å². The van der Waals surface area contributed by atoms with Crippen molar-refractivity contribution in [1.29, 1.82) is 5.26 Å². The van der Waals surface area contributed by atoms with Crippen molar-refractivity contribution in [3.63, 3.8) is 0 Å². The van der Waals surface area contributed by atoms with Crippen LogP contribution in [0.3, 0.4) is 0 Å². The van der Waals surface area contributed by atoms with Crippen molar-refractivity contribution >= 4 is 34.0 Å². The van der Waals surface area contributed by atoms with E-state index in [-0.39, 0.29) is 24.7 Å². The third kappa shape index (κ3) is 6.45. The molecule has 2 aromatic carbocycles. The Bertz CT molecular complexity index is 1010. The Morgan fingerprint density at radius 3 is 2.52 bits per heavy atom. The quantitative estimate of drug-likeness (QED) is 0.589. The van der Waals surface area contributed by atoms with Crippen molar-refractivity contribution in [3.8, 4) is 11.8 Å². The second-order valence-corrected chi connectivity index (χ2v) is 6.95. The molecule has 0 aliphatic rings. The molecule has 1 aromatic heterocycles. The summed E-state index contributed by atoms with van der Waals surface area (Å²) in [5.41, 5.74) is 2.11. The predicted molar refractivity (Wildman–Crippen MR) is 111 cm³/mol. The molecule has 2 N–H and O–H groups in total. The number of benzene rings is 2. The molecule has 3 rings (SSSR count). The highest BCUT2D eigenvalue weighted by atomic mass is 32.1. The molecule has 0 bridgehead atoms. The molecule has 0 fully saturated rings. The molecule has 29 heavy (non-hydrogen) atoms. The Kier molecular flexibility index (Phi) is 6.92. The van der Waals surface area contributed by atoms with Crippen LogP contribution in [0, 0.1) is 11.3 Å². The number of amides is 2. The van der Waals surface area contributed by atoms with Gasteiger partial charge in [0.25, 0.3) is 0 Å².